The Kier molecular flexibility index (Phi) is 6.46. The Labute approximate surface area is 177 Å². The lowest BCUT2D eigenvalue weighted by molar-refractivity contribution is -0.159. The smallest absolute Gasteiger partial charge is 0.238 e. The number of anilines is 1. The maximum absolute atomic E-state index is 14.0. The molecule has 2 aliphatic heterocycles. The zero-order valence-electron chi connectivity index (χ0n) is 17.4. The fourth-order valence-corrected chi connectivity index (χ4v) is 4.42. The van der Waals surface area contributed by atoms with E-state index in [0.29, 0.717) is 13.2 Å². The molecule has 1 amide bonds. The number of rotatable bonds is 6. The quantitative estimate of drug-likeness (QED) is 0.782. The molecule has 6 heteroatoms. The van der Waals surface area contributed by atoms with E-state index in [1.807, 2.05) is 37.3 Å². The number of nitrogens with one attached hydrogen (secondary N) is 1. The van der Waals surface area contributed by atoms with Gasteiger partial charge in [0.1, 0.15) is 5.82 Å². The molecular formula is C24H29FN2O3. The van der Waals surface area contributed by atoms with Crippen molar-refractivity contribution in [3.8, 4) is 0 Å². The molecule has 0 aliphatic carbocycles. The van der Waals surface area contributed by atoms with Gasteiger partial charge in [-0.2, -0.15) is 0 Å². The average Bonchev–Trinajstić information content (AvgIpc) is 3.21. The van der Waals surface area contributed by atoms with Crippen LogP contribution >= 0.6 is 0 Å². The molecule has 1 spiro atoms. The Morgan fingerprint density at radius 2 is 2.10 bits per heavy atom. The molecular weight excluding hydrogens is 383 g/mol. The maximum Gasteiger partial charge on any atom is 0.238 e. The Morgan fingerprint density at radius 3 is 2.87 bits per heavy atom. The number of hydrogen-bond acceptors (Lipinski definition) is 4. The molecule has 0 saturated carbocycles. The summed E-state index contributed by atoms with van der Waals surface area (Å²) in [5.41, 5.74) is 1.99. The molecule has 0 unspecified atom stereocenters. The van der Waals surface area contributed by atoms with Crippen molar-refractivity contribution in [1.29, 1.82) is 0 Å². The topological polar surface area (TPSA) is 50.8 Å². The molecule has 2 fully saturated rings. The number of amides is 1. The third-order valence-corrected chi connectivity index (χ3v) is 6.05. The predicted molar refractivity (Wildman–Crippen MR) is 114 cm³/mol. The van der Waals surface area contributed by atoms with Gasteiger partial charge in [0.15, 0.2) is 0 Å². The van der Waals surface area contributed by atoms with Crippen LogP contribution in [0.5, 0.6) is 0 Å². The van der Waals surface area contributed by atoms with Crippen LogP contribution in [0.1, 0.15) is 30.4 Å². The summed E-state index contributed by atoms with van der Waals surface area (Å²) in [6.45, 7) is 4.74. The van der Waals surface area contributed by atoms with Gasteiger partial charge in [-0.15, -0.1) is 0 Å². The first-order chi connectivity index (χ1) is 14.5. The molecule has 2 saturated heterocycles. The van der Waals surface area contributed by atoms with Gasteiger partial charge in [0.05, 0.1) is 30.5 Å². The first kappa shape index (κ1) is 21.0. The lowest BCUT2D eigenvalue weighted by atomic mass is 9.85. The summed E-state index contributed by atoms with van der Waals surface area (Å²) in [6.07, 6.45) is 2.76. The van der Waals surface area contributed by atoms with Gasteiger partial charge in [0.2, 0.25) is 5.91 Å². The molecule has 2 aliphatic rings. The Morgan fingerprint density at radius 1 is 1.27 bits per heavy atom. The van der Waals surface area contributed by atoms with Gasteiger partial charge in [-0.05, 0) is 49.4 Å². The van der Waals surface area contributed by atoms with Crippen molar-refractivity contribution in [1.82, 2.24) is 4.90 Å². The molecule has 0 aromatic heterocycles. The maximum atomic E-state index is 14.0. The SMILES string of the molecule is Cc1ccc(F)c(NC(=O)CN2CC[C@]3(CCCO3)[C@H](OCc3ccccc3)C2)c1. The number of nitrogens with zero attached hydrogens (tertiary/aromatic N) is 1. The van der Waals surface area contributed by atoms with Crippen molar-refractivity contribution in [2.75, 3.05) is 31.6 Å². The molecule has 0 radical (unpaired) electrons. The standard InChI is InChI=1S/C24H29FN2O3/c1-18-8-9-20(25)21(14-18)26-23(28)16-27-12-11-24(10-5-13-30-24)22(15-27)29-17-19-6-3-2-4-7-19/h2-4,6-9,14,22H,5,10-13,15-17H2,1H3,(H,26,28)/t22-,24-/m1/s1. The number of likely N-dealkylation sites (tertiary alicyclic amines) is 1. The van der Waals surface area contributed by atoms with Gasteiger partial charge in [-0.25, -0.2) is 4.39 Å². The number of carbonyl (C=O) groups excluding carboxylic acids is 1. The summed E-state index contributed by atoms with van der Waals surface area (Å²) < 4.78 is 26.4. The van der Waals surface area contributed by atoms with Crippen LogP contribution in [0.3, 0.4) is 0 Å². The molecule has 1 N–H and O–H groups in total. The van der Waals surface area contributed by atoms with Gasteiger partial charge >= 0.3 is 0 Å². The Balaban J connectivity index is 1.38. The average molecular weight is 413 g/mol. The highest BCUT2D eigenvalue weighted by atomic mass is 19.1. The summed E-state index contributed by atoms with van der Waals surface area (Å²) >= 11 is 0. The lowest BCUT2D eigenvalue weighted by Gasteiger charge is -2.44. The number of carbonyl (C=O) groups is 1. The minimum Gasteiger partial charge on any atom is -0.372 e. The number of aryl methyl sites for hydroxylation is 1. The van der Waals surface area contributed by atoms with Crippen LogP contribution < -0.4 is 5.32 Å². The number of piperidine rings is 1. The Bertz CT molecular complexity index is 868. The fourth-order valence-electron chi connectivity index (χ4n) is 4.42. The van der Waals surface area contributed by atoms with Crippen molar-refractivity contribution in [2.24, 2.45) is 0 Å². The van der Waals surface area contributed by atoms with Crippen molar-refractivity contribution in [3.63, 3.8) is 0 Å². The van der Waals surface area contributed by atoms with Crippen LogP contribution in [0.2, 0.25) is 0 Å². The highest BCUT2D eigenvalue weighted by molar-refractivity contribution is 5.92. The van der Waals surface area contributed by atoms with Gasteiger partial charge in [-0.3, -0.25) is 9.69 Å². The minimum atomic E-state index is -0.421. The third kappa shape index (κ3) is 4.89. The van der Waals surface area contributed by atoms with Crippen LogP contribution in [0.15, 0.2) is 48.5 Å². The molecule has 2 aromatic carbocycles. The van der Waals surface area contributed by atoms with E-state index in [1.54, 1.807) is 12.1 Å². The zero-order chi connectivity index (χ0) is 21.0. The van der Waals surface area contributed by atoms with Gasteiger partial charge in [-0.1, -0.05) is 36.4 Å². The molecule has 2 heterocycles. The van der Waals surface area contributed by atoms with E-state index in [-0.39, 0.29) is 29.8 Å². The van der Waals surface area contributed by atoms with Crippen molar-refractivity contribution in [2.45, 2.75) is 44.5 Å². The molecule has 30 heavy (non-hydrogen) atoms. The van der Waals surface area contributed by atoms with E-state index in [2.05, 4.69) is 10.2 Å². The van der Waals surface area contributed by atoms with Crippen LogP contribution in [-0.4, -0.2) is 48.8 Å². The summed E-state index contributed by atoms with van der Waals surface area (Å²) in [5, 5.41) is 2.70. The van der Waals surface area contributed by atoms with Crippen LogP contribution in [0, 0.1) is 12.7 Å². The normalized spacial score (nSPS) is 24.3. The van der Waals surface area contributed by atoms with E-state index >= 15 is 0 Å². The van der Waals surface area contributed by atoms with E-state index in [9.17, 15) is 9.18 Å². The summed E-state index contributed by atoms with van der Waals surface area (Å²) in [4.78, 5) is 14.6. The predicted octanol–water partition coefficient (Wildman–Crippen LogP) is 3.91. The molecule has 2 aromatic rings. The van der Waals surface area contributed by atoms with Crippen LogP contribution in [0.4, 0.5) is 10.1 Å². The zero-order valence-corrected chi connectivity index (χ0v) is 17.4. The first-order valence-corrected chi connectivity index (χ1v) is 10.6. The molecule has 5 nitrogen and oxygen atoms in total. The molecule has 0 bridgehead atoms. The van der Waals surface area contributed by atoms with Gasteiger partial charge < -0.3 is 14.8 Å². The van der Waals surface area contributed by atoms with Crippen LogP contribution in [-0.2, 0) is 20.9 Å². The lowest BCUT2D eigenvalue weighted by Crippen LogP contribution is -2.57. The monoisotopic (exact) mass is 412 g/mol. The summed E-state index contributed by atoms with van der Waals surface area (Å²) in [6, 6.07) is 14.8. The number of benzene rings is 2. The first-order valence-electron chi connectivity index (χ1n) is 10.6. The number of ether oxygens (including phenoxy) is 2. The van der Waals surface area contributed by atoms with E-state index in [4.69, 9.17) is 9.47 Å². The number of hydrogen-bond donors (Lipinski definition) is 1. The van der Waals surface area contributed by atoms with Crippen molar-refractivity contribution < 1.29 is 18.7 Å². The highest BCUT2D eigenvalue weighted by Crippen LogP contribution is 2.38. The Hall–Kier alpha value is -2.28. The summed E-state index contributed by atoms with van der Waals surface area (Å²) in [5.74, 6) is -0.639. The molecule has 2 atom stereocenters. The molecule has 4 rings (SSSR count). The van der Waals surface area contributed by atoms with Gasteiger partial charge in [0.25, 0.3) is 0 Å². The second kappa shape index (κ2) is 9.25. The van der Waals surface area contributed by atoms with E-state index < -0.39 is 5.82 Å². The van der Waals surface area contributed by atoms with Gasteiger partial charge in [0, 0.05) is 19.7 Å². The second-order valence-electron chi connectivity index (χ2n) is 8.32. The minimum absolute atomic E-state index is 0.0996. The fraction of sp³-hybridized carbons (Fsp3) is 0.458. The second-order valence-corrected chi connectivity index (χ2v) is 8.32. The van der Waals surface area contributed by atoms with Crippen molar-refractivity contribution >= 4 is 11.6 Å². The summed E-state index contributed by atoms with van der Waals surface area (Å²) in [7, 11) is 0. The largest absolute Gasteiger partial charge is 0.372 e. The highest BCUT2D eigenvalue weighted by Gasteiger charge is 2.47. The van der Waals surface area contributed by atoms with Crippen molar-refractivity contribution in [3.05, 3.63) is 65.5 Å². The number of halogens is 1. The third-order valence-electron chi connectivity index (χ3n) is 6.05. The van der Waals surface area contributed by atoms with E-state index in [0.717, 1.165) is 43.5 Å². The van der Waals surface area contributed by atoms with Crippen LogP contribution in [0.25, 0.3) is 0 Å². The van der Waals surface area contributed by atoms with E-state index in [1.165, 1.54) is 6.07 Å². The molecule has 160 valence electrons.